The molecule has 1 aromatic heterocycles. The lowest BCUT2D eigenvalue weighted by molar-refractivity contribution is -0.151. The van der Waals surface area contributed by atoms with Gasteiger partial charge in [-0.05, 0) is 42.9 Å². The van der Waals surface area contributed by atoms with Crippen molar-refractivity contribution in [3.8, 4) is 0 Å². The largest absolute Gasteiger partial charge is 0.387 e. The van der Waals surface area contributed by atoms with E-state index in [0.29, 0.717) is 25.3 Å². The Bertz CT molecular complexity index is 1090. The van der Waals surface area contributed by atoms with Crippen LogP contribution in [0.5, 0.6) is 0 Å². The van der Waals surface area contributed by atoms with Crippen LogP contribution in [0.15, 0.2) is 30.4 Å². The molecule has 204 valence electrons. The second kappa shape index (κ2) is 13.0. The molecule has 1 fully saturated rings. The Hall–Kier alpha value is -2.99. The summed E-state index contributed by atoms with van der Waals surface area (Å²) in [5.74, 6) is -0.410. The number of nitrogens with two attached hydrogens (primary N) is 1. The number of benzene rings is 1. The van der Waals surface area contributed by atoms with Crippen LogP contribution in [0.3, 0.4) is 0 Å². The van der Waals surface area contributed by atoms with Crippen molar-refractivity contribution in [1.82, 2.24) is 20.4 Å². The van der Waals surface area contributed by atoms with E-state index in [1.165, 1.54) is 13.2 Å². The highest BCUT2D eigenvalue weighted by Gasteiger charge is 2.37. The lowest BCUT2D eigenvalue weighted by atomic mass is 9.99. The molecule has 1 unspecified atom stereocenters. The zero-order valence-electron chi connectivity index (χ0n) is 21.6. The van der Waals surface area contributed by atoms with E-state index in [1.807, 2.05) is 32.0 Å². The summed E-state index contributed by atoms with van der Waals surface area (Å²) in [4.78, 5) is 28.0. The number of methoxy groups -OCH3 is 1. The predicted molar refractivity (Wildman–Crippen MR) is 139 cm³/mol. The molecule has 37 heavy (non-hydrogen) atoms. The van der Waals surface area contributed by atoms with Crippen LogP contribution in [0, 0.1) is 5.92 Å². The van der Waals surface area contributed by atoms with Gasteiger partial charge in [0.1, 0.15) is 24.4 Å². The Labute approximate surface area is 216 Å². The van der Waals surface area contributed by atoms with Crippen LogP contribution < -0.4 is 11.1 Å². The van der Waals surface area contributed by atoms with Gasteiger partial charge in [0.15, 0.2) is 11.9 Å². The third-order valence-corrected chi connectivity index (χ3v) is 6.93. The number of ether oxygens (including phenoxy) is 1. The van der Waals surface area contributed by atoms with Crippen molar-refractivity contribution < 1.29 is 29.6 Å². The molecule has 11 heteroatoms. The van der Waals surface area contributed by atoms with E-state index >= 15 is 0 Å². The Balaban J connectivity index is 1.66. The van der Waals surface area contributed by atoms with Crippen LogP contribution in [0.4, 0.5) is 5.82 Å². The number of anilines is 1. The van der Waals surface area contributed by atoms with E-state index in [0.717, 1.165) is 35.7 Å². The van der Waals surface area contributed by atoms with E-state index in [2.05, 4.69) is 15.5 Å². The van der Waals surface area contributed by atoms with Gasteiger partial charge in [0.05, 0.1) is 5.52 Å². The van der Waals surface area contributed by atoms with Gasteiger partial charge >= 0.3 is 0 Å². The minimum atomic E-state index is -1.70. The number of hydrogen-bond acceptors (Lipinski definition) is 8. The van der Waals surface area contributed by atoms with Gasteiger partial charge in [-0.3, -0.25) is 14.7 Å². The van der Waals surface area contributed by atoms with Crippen molar-refractivity contribution in [1.29, 1.82) is 0 Å². The van der Waals surface area contributed by atoms with Crippen LogP contribution in [0.2, 0.25) is 0 Å². The molecule has 1 aliphatic heterocycles. The van der Waals surface area contributed by atoms with Crippen LogP contribution in [-0.2, 0) is 20.9 Å². The number of amides is 2. The zero-order chi connectivity index (χ0) is 27.1. The third kappa shape index (κ3) is 7.07. The van der Waals surface area contributed by atoms with Gasteiger partial charge in [-0.25, -0.2) is 0 Å². The number of H-pyrrole nitrogens is 1. The number of likely N-dealkylation sites (tertiary alicyclic amines) is 1. The summed E-state index contributed by atoms with van der Waals surface area (Å²) in [6.45, 7) is 4.82. The van der Waals surface area contributed by atoms with Gasteiger partial charge in [-0.1, -0.05) is 38.5 Å². The molecule has 1 saturated heterocycles. The normalized spacial score (nSPS) is 21.0. The molecular weight excluding hydrogens is 478 g/mol. The number of carbonyl (C=O) groups excluding carboxylic acids is 2. The maximum absolute atomic E-state index is 13.3. The van der Waals surface area contributed by atoms with E-state index < -0.39 is 36.4 Å². The van der Waals surface area contributed by atoms with Crippen molar-refractivity contribution in [3.63, 3.8) is 0 Å². The van der Waals surface area contributed by atoms with Crippen molar-refractivity contribution in [2.45, 2.75) is 76.5 Å². The molecule has 3 rings (SSSR count). The first-order valence-corrected chi connectivity index (χ1v) is 12.7. The third-order valence-electron chi connectivity index (χ3n) is 6.93. The Morgan fingerprint density at radius 1 is 1.30 bits per heavy atom. The summed E-state index contributed by atoms with van der Waals surface area (Å²) >= 11 is 0. The molecule has 0 radical (unpaired) electrons. The highest BCUT2D eigenvalue weighted by molar-refractivity contribution is 5.91. The first-order valence-electron chi connectivity index (χ1n) is 12.7. The lowest BCUT2D eigenvalue weighted by Gasteiger charge is -2.29. The fourth-order valence-electron chi connectivity index (χ4n) is 4.39. The molecular formula is C26H39N5O6. The summed E-state index contributed by atoms with van der Waals surface area (Å²) in [5, 5.41) is 41.5. The van der Waals surface area contributed by atoms with Gasteiger partial charge in [-0.2, -0.15) is 5.10 Å². The fraction of sp³-hybridized carbons (Fsp3) is 0.577. The molecule has 2 heterocycles. The minimum Gasteiger partial charge on any atom is -0.387 e. The first kappa shape index (κ1) is 28.6. The smallest absolute Gasteiger partial charge is 0.252 e. The molecule has 11 nitrogen and oxygen atoms in total. The van der Waals surface area contributed by atoms with Crippen LogP contribution in [-0.4, -0.2) is 86.3 Å². The standard InChI is InChI=1S/C26H39N5O6/c1-4-15(2)8-11-20(32)21(33)22(34)23(37-3)25(35)28-19-7-5-6-12-31(26(19)36)14-16-9-10-18-17(13-16)24(27)30-29-18/h8-11,13,15,19-23,32-34H,4-7,12,14H2,1-3H3,(H,28,35)(H3,27,29,30)/b11-8+/t15?,19-,20+,21-,22+,23+/m0/s1. The van der Waals surface area contributed by atoms with Crippen molar-refractivity contribution in [2.24, 2.45) is 5.92 Å². The molecule has 0 saturated carbocycles. The maximum Gasteiger partial charge on any atom is 0.252 e. The molecule has 1 aromatic carbocycles. The molecule has 7 N–H and O–H groups in total. The van der Waals surface area contributed by atoms with Crippen molar-refractivity contribution >= 4 is 28.5 Å². The number of nitrogens with zero attached hydrogens (tertiary/aromatic N) is 2. The van der Waals surface area contributed by atoms with Gasteiger partial charge in [0.2, 0.25) is 5.91 Å². The minimum absolute atomic E-state index is 0.184. The molecule has 6 atom stereocenters. The number of aliphatic hydroxyl groups excluding tert-OH is 3. The summed E-state index contributed by atoms with van der Waals surface area (Å²) in [6.07, 6.45) is -0.292. The van der Waals surface area contributed by atoms with Gasteiger partial charge in [-0.15, -0.1) is 0 Å². The van der Waals surface area contributed by atoms with Gasteiger partial charge in [0, 0.05) is 25.6 Å². The topological polar surface area (TPSA) is 174 Å². The monoisotopic (exact) mass is 517 g/mol. The quantitative estimate of drug-likeness (QED) is 0.238. The van der Waals surface area contributed by atoms with E-state index in [1.54, 1.807) is 11.0 Å². The highest BCUT2D eigenvalue weighted by atomic mass is 16.5. The maximum atomic E-state index is 13.3. The molecule has 0 spiro atoms. The number of rotatable bonds is 11. The van der Waals surface area contributed by atoms with Gasteiger partial charge < -0.3 is 36.0 Å². The summed E-state index contributed by atoms with van der Waals surface area (Å²) in [7, 11) is 1.22. The Kier molecular flexibility index (Phi) is 10.0. The Morgan fingerprint density at radius 3 is 2.76 bits per heavy atom. The number of nitrogens with one attached hydrogen (secondary N) is 2. The number of hydrogen-bond donors (Lipinski definition) is 6. The summed E-state index contributed by atoms with van der Waals surface area (Å²) in [6, 6.07) is 4.83. The van der Waals surface area contributed by atoms with E-state index in [9.17, 15) is 24.9 Å². The number of fused-ring (bicyclic) bond motifs is 1. The molecule has 2 aromatic rings. The lowest BCUT2D eigenvalue weighted by Crippen LogP contribution is -2.55. The highest BCUT2D eigenvalue weighted by Crippen LogP contribution is 2.22. The SMILES string of the molecule is CCC(C)/C=C/[C@@H](O)[C@H](O)[C@@H](O)[C@@H](OC)C(=O)N[C@H]1CCCCN(Cc2ccc3[nH]nc(N)c3c2)C1=O. The fourth-order valence-corrected chi connectivity index (χ4v) is 4.39. The van der Waals surface area contributed by atoms with Crippen LogP contribution in [0.1, 0.15) is 45.1 Å². The number of carbonyl (C=O) groups is 2. The average Bonchev–Trinajstić information content (AvgIpc) is 3.18. The van der Waals surface area contributed by atoms with E-state index in [4.69, 9.17) is 10.5 Å². The Morgan fingerprint density at radius 2 is 2.05 bits per heavy atom. The number of aromatic nitrogens is 2. The van der Waals surface area contributed by atoms with Crippen LogP contribution in [0.25, 0.3) is 10.9 Å². The molecule has 0 bridgehead atoms. The summed E-state index contributed by atoms with van der Waals surface area (Å²) < 4.78 is 5.16. The van der Waals surface area contributed by atoms with Crippen LogP contribution >= 0.6 is 0 Å². The zero-order valence-corrected chi connectivity index (χ0v) is 21.6. The predicted octanol–water partition coefficient (Wildman–Crippen LogP) is 0.842. The van der Waals surface area contributed by atoms with Gasteiger partial charge in [0.25, 0.3) is 5.91 Å². The summed E-state index contributed by atoms with van der Waals surface area (Å²) in [5.41, 5.74) is 7.60. The average molecular weight is 518 g/mol. The van der Waals surface area contributed by atoms with Crippen molar-refractivity contribution in [3.05, 3.63) is 35.9 Å². The second-order valence-corrected chi connectivity index (χ2v) is 9.70. The number of aliphatic hydroxyl groups is 3. The second-order valence-electron chi connectivity index (χ2n) is 9.70. The number of allylic oxidation sites excluding steroid dienone is 1. The number of nitrogen functional groups attached to an aromatic ring is 1. The first-order chi connectivity index (χ1) is 17.7. The van der Waals surface area contributed by atoms with Crippen molar-refractivity contribution in [2.75, 3.05) is 19.4 Å². The number of aromatic amines is 1. The van der Waals surface area contributed by atoms with E-state index in [-0.39, 0.29) is 11.8 Å². The molecule has 0 aliphatic carbocycles. The molecule has 1 aliphatic rings. The molecule has 2 amide bonds.